The number of hydrogen-bond donors (Lipinski definition) is 0. The molecule has 0 fully saturated rings. The maximum absolute atomic E-state index is 9.67. The van der Waals surface area contributed by atoms with E-state index in [1.165, 1.54) is 6.08 Å². The second kappa shape index (κ2) is 3.44. The van der Waals surface area contributed by atoms with Gasteiger partial charge in [-0.2, -0.15) is 0 Å². The molecule has 0 N–H and O–H groups in total. The van der Waals surface area contributed by atoms with Crippen molar-refractivity contribution in [3.63, 3.8) is 0 Å². The summed E-state index contributed by atoms with van der Waals surface area (Å²) in [6.07, 6.45) is 3.18. The monoisotopic (exact) mass is 140 g/mol. The standard InChI is InChI=1S/C7H12OSi/c1-9(2,3)7-5-4-6-8/h4-5,7H,1-3H3. The van der Waals surface area contributed by atoms with Gasteiger partial charge in [0.05, 0.1) is 8.07 Å². The minimum atomic E-state index is -1.09. The van der Waals surface area contributed by atoms with Crippen LogP contribution in [0.2, 0.25) is 19.6 Å². The van der Waals surface area contributed by atoms with E-state index in [1.807, 2.05) is 0 Å². The molecule has 0 aliphatic rings. The molecule has 0 aromatic heterocycles. The highest BCUT2D eigenvalue weighted by Gasteiger charge is 2.05. The Morgan fingerprint density at radius 2 is 1.89 bits per heavy atom. The number of hydrogen-bond acceptors (Lipinski definition) is 1. The zero-order chi connectivity index (χ0) is 7.33. The summed E-state index contributed by atoms with van der Waals surface area (Å²) in [7, 11) is -1.09. The molecule has 1 nitrogen and oxygen atoms in total. The molecular weight excluding hydrogens is 128 g/mol. The normalized spacial score (nSPS) is 11.4. The van der Waals surface area contributed by atoms with E-state index in [0.717, 1.165) is 0 Å². The molecule has 0 aromatic rings. The van der Waals surface area contributed by atoms with E-state index in [1.54, 1.807) is 12.0 Å². The number of rotatable bonds is 2. The summed E-state index contributed by atoms with van der Waals surface area (Å²) >= 11 is 0. The summed E-state index contributed by atoms with van der Waals surface area (Å²) in [6.45, 7) is 6.63. The van der Waals surface area contributed by atoms with Crippen LogP contribution in [-0.4, -0.2) is 14.0 Å². The number of carbonyl (C=O) groups excluding carboxylic acids is 1. The molecule has 0 heterocycles. The molecule has 0 atom stereocenters. The van der Waals surface area contributed by atoms with Gasteiger partial charge in [-0.1, -0.05) is 31.4 Å². The van der Waals surface area contributed by atoms with Gasteiger partial charge in [-0.05, 0) is 0 Å². The molecule has 0 spiro atoms. The molecule has 50 valence electrons. The lowest BCUT2D eigenvalue weighted by atomic mass is 10.6. The first-order valence-electron chi connectivity index (χ1n) is 2.95. The Morgan fingerprint density at radius 1 is 1.33 bits per heavy atom. The van der Waals surface area contributed by atoms with Gasteiger partial charge in [0.2, 0.25) is 0 Å². The van der Waals surface area contributed by atoms with Gasteiger partial charge < -0.3 is 0 Å². The van der Waals surface area contributed by atoms with E-state index in [9.17, 15) is 4.79 Å². The fourth-order valence-electron chi connectivity index (χ4n) is 0.376. The van der Waals surface area contributed by atoms with Crippen LogP contribution in [0.3, 0.4) is 0 Å². The van der Waals surface area contributed by atoms with Gasteiger partial charge in [0.1, 0.15) is 5.94 Å². The Balaban J connectivity index is 3.85. The smallest absolute Gasteiger partial charge is 0.124 e. The third-order valence-corrected chi connectivity index (χ3v) is 1.95. The van der Waals surface area contributed by atoms with Crippen LogP contribution < -0.4 is 0 Å². The van der Waals surface area contributed by atoms with Crippen molar-refractivity contribution < 1.29 is 4.79 Å². The van der Waals surface area contributed by atoms with Crippen LogP contribution in [0.15, 0.2) is 17.9 Å². The van der Waals surface area contributed by atoms with Crippen molar-refractivity contribution in [3.05, 3.63) is 17.9 Å². The van der Waals surface area contributed by atoms with Gasteiger partial charge >= 0.3 is 0 Å². The minimum absolute atomic E-state index is 1.09. The Bertz CT molecular complexity index is 147. The molecule has 0 saturated heterocycles. The van der Waals surface area contributed by atoms with Crippen LogP contribution in [0.4, 0.5) is 0 Å². The van der Waals surface area contributed by atoms with Crippen molar-refractivity contribution in [3.8, 4) is 0 Å². The summed E-state index contributed by atoms with van der Waals surface area (Å²) in [4.78, 5) is 9.67. The van der Waals surface area contributed by atoms with Crippen LogP contribution in [0.1, 0.15) is 0 Å². The lowest BCUT2D eigenvalue weighted by Crippen LogP contribution is -2.14. The van der Waals surface area contributed by atoms with Crippen LogP contribution >= 0.6 is 0 Å². The van der Waals surface area contributed by atoms with Crippen LogP contribution in [0, 0.1) is 0 Å². The minimum Gasteiger partial charge on any atom is -0.234 e. The lowest BCUT2D eigenvalue weighted by molar-refractivity contribution is 0.569. The fourth-order valence-corrected chi connectivity index (χ4v) is 1.05. The summed E-state index contributed by atoms with van der Waals surface area (Å²) in [5, 5.41) is 0. The summed E-state index contributed by atoms with van der Waals surface area (Å²) in [5.41, 5.74) is 2.10. The van der Waals surface area contributed by atoms with Gasteiger partial charge in [-0.25, -0.2) is 4.79 Å². The van der Waals surface area contributed by atoms with Gasteiger partial charge in [0, 0.05) is 6.08 Å². The Hall–Kier alpha value is -0.593. The largest absolute Gasteiger partial charge is 0.234 e. The molecule has 0 unspecified atom stereocenters. The maximum Gasteiger partial charge on any atom is 0.124 e. The van der Waals surface area contributed by atoms with Crippen molar-refractivity contribution >= 4 is 14.0 Å². The summed E-state index contributed by atoms with van der Waals surface area (Å²) < 4.78 is 0. The van der Waals surface area contributed by atoms with E-state index in [0.29, 0.717) is 0 Å². The first-order chi connectivity index (χ1) is 4.06. The molecule has 0 saturated carbocycles. The molecule has 0 aliphatic heterocycles. The van der Waals surface area contributed by atoms with Crippen LogP contribution in [0.25, 0.3) is 0 Å². The molecule has 2 heteroatoms. The predicted octanol–water partition coefficient (Wildman–Crippen LogP) is 1.81. The van der Waals surface area contributed by atoms with Crippen molar-refractivity contribution in [1.82, 2.24) is 0 Å². The lowest BCUT2D eigenvalue weighted by Gasteiger charge is -2.06. The molecule has 0 aliphatic carbocycles. The summed E-state index contributed by atoms with van der Waals surface area (Å²) in [5.74, 6) is 1.70. The van der Waals surface area contributed by atoms with Crippen LogP contribution in [-0.2, 0) is 4.79 Å². The SMILES string of the molecule is C[Si](C)(C)C=CC=C=O. The van der Waals surface area contributed by atoms with Gasteiger partial charge in [0.25, 0.3) is 0 Å². The first-order valence-corrected chi connectivity index (χ1v) is 6.53. The third kappa shape index (κ3) is 7.41. The van der Waals surface area contributed by atoms with E-state index < -0.39 is 8.07 Å². The first kappa shape index (κ1) is 8.41. The topological polar surface area (TPSA) is 17.1 Å². The average molecular weight is 140 g/mol. The molecule has 9 heavy (non-hydrogen) atoms. The number of allylic oxidation sites excluding steroid dienone is 2. The fraction of sp³-hybridized carbons (Fsp3) is 0.429. The van der Waals surface area contributed by atoms with E-state index >= 15 is 0 Å². The quantitative estimate of drug-likeness (QED) is 0.325. The van der Waals surface area contributed by atoms with Gasteiger partial charge in [0.15, 0.2) is 0 Å². The zero-order valence-corrected chi connectivity index (χ0v) is 7.14. The molecular formula is C7H12OSi. The molecule has 0 radical (unpaired) electrons. The highest BCUT2D eigenvalue weighted by atomic mass is 28.3. The molecule has 0 rings (SSSR count). The molecule has 0 aromatic carbocycles. The Labute approximate surface area is 57.1 Å². The van der Waals surface area contributed by atoms with E-state index in [4.69, 9.17) is 0 Å². The van der Waals surface area contributed by atoms with Crippen molar-refractivity contribution in [2.45, 2.75) is 19.6 Å². The Morgan fingerprint density at radius 3 is 2.22 bits per heavy atom. The third-order valence-electron chi connectivity index (χ3n) is 0.760. The highest BCUT2D eigenvalue weighted by Crippen LogP contribution is 2.00. The highest BCUT2D eigenvalue weighted by molar-refractivity contribution is 6.81. The van der Waals surface area contributed by atoms with Crippen molar-refractivity contribution in [2.75, 3.05) is 0 Å². The van der Waals surface area contributed by atoms with Gasteiger partial charge in [-0.15, -0.1) is 0 Å². The summed E-state index contributed by atoms with van der Waals surface area (Å²) in [6, 6.07) is 0. The average Bonchev–Trinajstić information content (AvgIpc) is 1.63. The van der Waals surface area contributed by atoms with E-state index in [2.05, 4.69) is 25.3 Å². The second-order valence-corrected chi connectivity index (χ2v) is 8.08. The zero-order valence-electron chi connectivity index (χ0n) is 6.14. The molecule has 0 amide bonds. The van der Waals surface area contributed by atoms with E-state index in [-0.39, 0.29) is 0 Å². The predicted molar refractivity (Wildman–Crippen MR) is 42.7 cm³/mol. The molecule has 0 bridgehead atoms. The van der Waals surface area contributed by atoms with Gasteiger partial charge in [-0.3, -0.25) is 0 Å². The van der Waals surface area contributed by atoms with Crippen LogP contribution in [0.5, 0.6) is 0 Å². The Kier molecular flexibility index (Phi) is 3.21. The maximum atomic E-state index is 9.67. The van der Waals surface area contributed by atoms with Crippen molar-refractivity contribution in [1.29, 1.82) is 0 Å². The van der Waals surface area contributed by atoms with Crippen molar-refractivity contribution in [2.24, 2.45) is 0 Å². The second-order valence-electron chi connectivity index (χ2n) is 3.01.